The third-order valence-electron chi connectivity index (χ3n) is 6.69. The highest BCUT2D eigenvalue weighted by atomic mass is 35.5. The van der Waals surface area contributed by atoms with E-state index in [1.54, 1.807) is 18.2 Å². The highest BCUT2D eigenvalue weighted by molar-refractivity contribution is 6.34. The highest BCUT2D eigenvalue weighted by Gasteiger charge is 2.16. The number of benzene rings is 2. The molecule has 0 amide bonds. The van der Waals surface area contributed by atoms with Gasteiger partial charge in [0, 0.05) is 24.0 Å². The maximum atomic E-state index is 13.2. The quantitative estimate of drug-likeness (QED) is 0.418. The number of nitrogens with zero attached hydrogens (tertiary/aromatic N) is 2. The van der Waals surface area contributed by atoms with Crippen LogP contribution in [0.2, 0.25) is 5.15 Å². The van der Waals surface area contributed by atoms with Crippen molar-refractivity contribution in [1.29, 1.82) is 0 Å². The molecular formula is C27H32ClN3O3. The summed E-state index contributed by atoms with van der Waals surface area (Å²) in [7, 11) is 0. The van der Waals surface area contributed by atoms with E-state index in [2.05, 4.69) is 34.2 Å². The Morgan fingerprint density at radius 3 is 2.68 bits per heavy atom. The van der Waals surface area contributed by atoms with Crippen LogP contribution < -0.4 is 5.56 Å². The van der Waals surface area contributed by atoms with Gasteiger partial charge in [-0.3, -0.25) is 9.59 Å². The third-order valence-corrected chi connectivity index (χ3v) is 6.98. The largest absolute Gasteiger partial charge is 0.377 e. The number of Topliss-reactive ketones (excluding diaryl/α,β-unsaturated/α-hetero) is 1. The zero-order valence-corrected chi connectivity index (χ0v) is 20.7. The van der Waals surface area contributed by atoms with Gasteiger partial charge in [-0.15, -0.1) is 0 Å². The molecule has 0 bridgehead atoms. The summed E-state index contributed by atoms with van der Waals surface area (Å²) in [6, 6.07) is 9.31. The number of ketones is 1. The van der Waals surface area contributed by atoms with Crippen molar-refractivity contribution in [3.05, 3.63) is 73.7 Å². The number of hydrogen-bond acceptors (Lipinski definition) is 5. The first-order chi connectivity index (χ1) is 16.5. The number of H-pyrrole nitrogens is 1. The number of aromatic amines is 1. The molecule has 0 radical (unpaired) electrons. The topological polar surface area (TPSA) is 75.3 Å². The first-order valence-electron chi connectivity index (χ1n) is 12.1. The number of fused-ring (bicyclic) bond motifs is 1. The lowest BCUT2D eigenvalue weighted by atomic mass is 9.91. The fourth-order valence-electron chi connectivity index (χ4n) is 4.74. The van der Waals surface area contributed by atoms with E-state index in [4.69, 9.17) is 16.3 Å². The van der Waals surface area contributed by atoms with Crippen molar-refractivity contribution in [2.75, 3.05) is 26.2 Å². The molecule has 1 fully saturated rings. The second-order valence-electron chi connectivity index (χ2n) is 9.03. The molecule has 0 saturated carbocycles. The van der Waals surface area contributed by atoms with Gasteiger partial charge in [-0.1, -0.05) is 29.8 Å². The zero-order chi connectivity index (χ0) is 24.1. The van der Waals surface area contributed by atoms with E-state index in [9.17, 15) is 9.59 Å². The molecule has 1 N–H and O–H groups in total. The van der Waals surface area contributed by atoms with Gasteiger partial charge in [0.25, 0.3) is 5.56 Å². The Labute approximate surface area is 205 Å². The van der Waals surface area contributed by atoms with Crippen LogP contribution in [0.4, 0.5) is 0 Å². The molecule has 1 aromatic heterocycles. The predicted molar refractivity (Wildman–Crippen MR) is 136 cm³/mol. The average molecular weight is 482 g/mol. The molecule has 3 aromatic rings. The summed E-state index contributed by atoms with van der Waals surface area (Å²) in [6.45, 7) is 8.82. The van der Waals surface area contributed by atoms with Crippen molar-refractivity contribution in [3.8, 4) is 0 Å². The van der Waals surface area contributed by atoms with E-state index in [1.165, 1.54) is 37.1 Å². The smallest absolute Gasteiger partial charge is 0.272 e. The van der Waals surface area contributed by atoms with Crippen LogP contribution in [0, 0.1) is 6.92 Å². The van der Waals surface area contributed by atoms with Gasteiger partial charge in [0.05, 0.1) is 12.0 Å². The standard InChI is InChI=1S/C27H32ClN3O3/c1-3-34-17-19-13-20(7-6-12-31-10-4-5-11-31)18(2)22(14-19)16-25(32)21-8-9-23-24(15-21)26(28)29-30-27(23)33/h8-9,13-15H,3-7,10-12,16-17H2,1-2H3,(H,30,33). The number of halogens is 1. The molecule has 1 saturated heterocycles. The number of hydrogen-bond donors (Lipinski definition) is 1. The molecule has 2 aromatic carbocycles. The van der Waals surface area contributed by atoms with E-state index in [0.29, 0.717) is 29.5 Å². The van der Waals surface area contributed by atoms with Crippen LogP contribution in [0.25, 0.3) is 10.8 Å². The predicted octanol–water partition coefficient (Wildman–Crippen LogP) is 4.88. The second-order valence-corrected chi connectivity index (χ2v) is 9.39. The Kier molecular flexibility index (Phi) is 8.14. The minimum absolute atomic E-state index is 0.0158. The van der Waals surface area contributed by atoms with Gasteiger partial charge in [0.2, 0.25) is 0 Å². The van der Waals surface area contributed by atoms with Crippen LogP contribution >= 0.6 is 11.6 Å². The summed E-state index contributed by atoms with van der Waals surface area (Å²) in [4.78, 5) is 27.8. The van der Waals surface area contributed by atoms with Crippen molar-refractivity contribution >= 4 is 28.2 Å². The highest BCUT2D eigenvalue weighted by Crippen LogP contribution is 2.24. The van der Waals surface area contributed by atoms with Crippen molar-refractivity contribution in [2.24, 2.45) is 0 Å². The average Bonchev–Trinajstić information content (AvgIpc) is 3.36. The number of nitrogens with one attached hydrogen (secondary N) is 1. The van der Waals surface area contributed by atoms with Crippen molar-refractivity contribution in [2.45, 2.75) is 52.6 Å². The van der Waals surface area contributed by atoms with Crippen LogP contribution in [-0.2, 0) is 24.2 Å². The molecule has 1 aliphatic heterocycles. The number of rotatable bonds is 10. The number of aromatic nitrogens is 2. The Morgan fingerprint density at radius 1 is 1.15 bits per heavy atom. The molecule has 7 heteroatoms. The summed E-state index contributed by atoms with van der Waals surface area (Å²) in [5.74, 6) is -0.0158. The molecule has 6 nitrogen and oxygen atoms in total. The number of likely N-dealkylation sites (tertiary alicyclic amines) is 1. The van der Waals surface area contributed by atoms with E-state index in [0.717, 1.165) is 30.5 Å². The summed E-state index contributed by atoms with van der Waals surface area (Å²) >= 11 is 6.17. The van der Waals surface area contributed by atoms with Crippen LogP contribution in [0.5, 0.6) is 0 Å². The number of carbonyl (C=O) groups is 1. The summed E-state index contributed by atoms with van der Waals surface area (Å²) < 4.78 is 5.67. The van der Waals surface area contributed by atoms with Crippen LogP contribution in [0.3, 0.4) is 0 Å². The molecule has 0 atom stereocenters. The Balaban J connectivity index is 1.56. The minimum Gasteiger partial charge on any atom is -0.377 e. The van der Waals surface area contributed by atoms with Gasteiger partial charge in [0.15, 0.2) is 10.9 Å². The molecule has 1 aliphatic rings. The van der Waals surface area contributed by atoms with Gasteiger partial charge in [-0.2, -0.15) is 5.10 Å². The van der Waals surface area contributed by atoms with E-state index in [-0.39, 0.29) is 22.9 Å². The SMILES string of the molecule is CCOCc1cc(CCCN2CCCC2)c(C)c(CC(=O)c2ccc3c(=O)[nH]nc(Cl)c3c2)c1. The fraction of sp³-hybridized carbons (Fsp3) is 0.444. The Hall–Kier alpha value is -2.54. The van der Waals surface area contributed by atoms with Crippen molar-refractivity contribution in [3.63, 3.8) is 0 Å². The zero-order valence-electron chi connectivity index (χ0n) is 20.0. The second kappa shape index (κ2) is 11.3. The maximum Gasteiger partial charge on any atom is 0.272 e. The van der Waals surface area contributed by atoms with Gasteiger partial charge in [-0.05, 0) is 93.6 Å². The molecular weight excluding hydrogens is 450 g/mol. The lowest BCUT2D eigenvalue weighted by molar-refractivity contribution is 0.0992. The molecule has 4 rings (SSSR count). The number of carbonyl (C=O) groups excluding carboxylic acids is 1. The van der Waals surface area contributed by atoms with Crippen LogP contribution in [0.1, 0.15) is 58.8 Å². The Bertz CT molecular complexity index is 1230. The van der Waals surface area contributed by atoms with E-state index in [1.807, 2.05) is 6.92 Å². The van der Waals surface area contributed by atoms with Gasteiger partial charge >= 0.3 is 0 Å². The summed E-state index contributed by atoms with van der Waals surface area (Å²) in [5.41, 5.74) is 4.78. The maximum absolute atomic E-state index is 13.2. The first kappa shape index (κ1) is 24.6. The van der Waals surface area contributed by atoms with Gasteiger partial charge in [0.1, 0.15) is 0 Å². The molecule has 0 spiro atoms. The van der Waals surface area contributed by atoms with Crippen LogP contribution in [0.15, 0.2) is 35.1 Å². The lowest BCUT2D eigenvalue weighted by Crippen LogP contribution is -2.21. The number of aryl methyl sites for hydroxylation is 1. The van der Waals surface area contributed by atoms with Gasteiger partial charge < -0.3 is 9.64 Å². The normalized spacial score (nSPS) is 14.2. The van der Waals surface area contributed by atoms with E-state index >= 15 is 0 Å². The van der Waals surface area contributed by atoms with Gasteiger partial charge in [-0.25, -0.2) is 5.10 Å². The monoisotopic (exact) mass is 481 g/mol. The van der Waals surface area contributed by atoms with Crippen LogP contribution in [-0.4, -0.2) is 47.1 Å². The van der Waals surface area contributed by atoms with Crippen molar-refractivity contribution in [1.82, 2.24) is 15.1 Å². The number of ether oxygens (including phenoxy) is 1. The summed E-state index contributed by atoms with van der Waals surface area (Å²) in [5, 5.41) is 7.27. The first-order valence-corrected chi connectivity index (χ1v) is 12.5. The third kappa shape index (κ3) is 5.74. The molecule has 0 unspecified atom stereocenters. The van der Waals surface area contributed by atoms with E-state index < -0.39 is 0 Å². The Morgan fingerprint density at radius 2 is 1.91 bits per heavy atom. The molecule has 34 heavy (non-hydrogen) atoms. The van der Waals surface area contributed by atoms with Crippen molar-refractivity contribution < 1.29 is 9.53 Å². The molecule has 0 aliphatic carbocycles. The molecule has 180 valence electrons. The lowest BCUT2D eigenvalue weighted by Gasteiger charge is -2.17. The fourth-order valence-corrected chi connectivity index (χ4v) is 4.94. The molecule has 2 heterocycles. The summed E-state index contributed by atoms with van der Waals surface area (Å²) in [6.07, 6.45) is 4.99. The minimum atomic E-state index is -0.323.